The van der Waals surface area contributed by atoms with Gasteiger partial charge in [0.15, 0.2) is 5.82 Å². The Balaban J connectivity index is 2.09. The van der Waals surface area contributed by atoms with Crippen LogP contribution in [0.1, 0.15) is 32.1 Å². The zero-order chi connectivity index (χ0) is 13.7. The largest absolute Gasteiger partial charge is 0.463 e. The molecule has 1 unspecified atom stereocenters. The first-order valence-corrected chi connectivity index (χ1v) is 6.11. The maximum Gasteiger partial charge on any atom is 0.322 e. The maximum absolute atomic E-state index is 5.81. The third-order valence-electron chi connectivity index (χ3n) is 2.12. The Morgan fingerprint density at radius 1 is 1.37 bits per heavy atom. The van der Waals surface area contributed by atoms with E-state index < -0.39 is 0 Å². The smallest absolute Gasteiger partial charge is 0.322 e. The van der Waals surface area contributed by atoms with Crippen molar-refractivity contribution in [1.29, 1.82) is 0 Å². The van der Waals surface area contributed by atoms with Gasteiger partial charge in [0.05, 0.1) is 12.6 Å². The second kappa shape index (κ2) is 6.23. The van der Waals surface area contributed by atoms with Crippen molar-refractivity contribution < 1.29 is 4.74 Å². The first-order valence-electron chi connectivity index (χ1n) is 5.73. The zero-order valence-electron chi connectivity index (χ0n) is 10.5. The van der Waals surface area contributed by atoms with E-state index in [-0.39, 0.29) is 17.3 Å². The molecule has 0 aliphatic carbocycles. The third kappa shape index (κ3) is 3.71. The maximum atomic E-state index is 5.81. The lowest BCUT2D eigenvalue weighted by atomic mass is 10.3. The van der Waals surface area contributed by atoms with Crippen molar-refractivity contribution in [2.24, 2.45) is 0 Å². The molecule has 102 valence electrons. The average molecular weight is 285 g/mol. The zero-order valence-corrected chi connectivity index (χ0v) is 11.2. The highest BCUT2D eigenvalue weighted by molar-refractivity contribution is 6.28. The standard InChI is InChI=1S/C9H13ClN8O/c1-3-4-19-9-13-7(10)12-8(14-9)11-5(2)6-15-17-18-16-6/h5H,3-4H2,1-2H3,(H,11,12,13,14)(H,15,16,17,18). The van der Waals surface area contributed by atoms with Gasteiger partial charge in [-0.25, -0.2) is 0 Å². The topological polar surface area (TPSA) is 114 Å². The number of aromatic nitrogens is 7. The molecule has 10 heteroatoms. The summed E-state index contributed by atoms with van der Waals surface area (Å²) in [5.74, 6) is 0.788. The summed E-state index contributed by atoms with van der Waals surface area (Å²) in [6.45, 7) is 4.34. The number of aromatic amines is 1. The number of nitrogens with zero attached hydrogens (tertiary/aromatic N) is 6. The minimum Gasteiger partial charge on any atom is -0.463 e. The number of ether oxygens (including phenoxy) is 1. The molecule has 19 heavy (non-hydrogen) atoms. The van der Waals surface area contributed by atoms with Crippen LogP contribution in [0.25, 0.3) is 0 Å². The van der Waals surface area contributed by atoms with E-state index >= 15 is 0 Å². The highest BCUT2D eigenvalue weighted by Gasteiger charge is 2.13. The molecule has 0 aromatic carbocycles. The van der Waals surface area contributed by atoms with Crippen molar-refractivity contribution in [1.82, 2.24) is 35.6 Å². The summed E-state index contributed by atoms with van der Waals surface area (Å²) in [5, 5.41) is 16.6. The van der Waals surface area contributed by atoms with Crippen LogP contribution >= 0.6 is 11.6 Å². The molecule has 9 nitrogen and oxygen atoms in total. The molecule has 0 fully saturated rings. The van der Waals surface area contributed by atoms with Gasteiger partial charge in [-0.2, -0.15) is 20.2 Å². The van der Waals surface area contributed by atoms with Crippen molar-refractivity contribution in [2.45, 2.75) is 26.3 Å². The van der Waals surface area contributed by atoms with Crippen molar-refractivity contribution in [3.63, 3.8) is 0 Å². The molecule has 2 aromatic rings. The van der Waals surface area contributed by atoms with Crippen LogP contribution in [0.4, 0.5) is 5.95 Å². The van der Waals surface area contributed by atoms with Crippen LogP contribution in [-0.2, 0) is 0 Å². The van der Waals surface area contributed by atoms with E-state index in [1.54, 1.807) is 0 Å². The molecule has 0 spiro atoms. The fourth-order valence-electron chi connectivity index (χ4n) is 1.27. The second-order valence-electron chi connectivity index (χ2n) is 3.70. The quantitative estimate of drug-likeness (QED) is 0.807. The fourth-order valence-corrected chi connectivity index (χ4v) is 1.42. The van der Waals surface area contributed by atoms with Crippen LogP contribution in [0.15, 0.2) is 0 Å². The van der Waals surface area contributed by atoms with E-state index in [0.29, 0.717) is 18.4 Å². The second-order valence-corrected chi connectivity index (χ2v) is 4.03. The van der Waals surface area contributed by atoms with Crippen LogP contribution in [0.2, 0.25) is 5.28 Å². The van der Waals surface area contributed by atoms with Gasteiger partial charge in [0.25, 0.3) is 0 Å². The number of tetrazole rings is 1. The predicted molar refractivity (Wildman–Crippen MR) is 66.8 cm³/mol. The summed E-state index contributed by atoms with van der Waals surface area (Å²) in [4.78, 5) is 11.9. The molecule has 0 radical (unpaired) electrons. The van der Waals surface area contributed by atoms with Gasteiger partial charge in [-0.15, -0.1) is 10.2 Å². The van der Waals surface area contributed by atoms with Gasteiger partial charge in [-0.05, 0) is 24.9 Å². The van der Waals surface area contributed by atoms with E-state index in [4.69, 9.17) is 16.3 Å². The van der Waals surface area contributed by atoms with Crippen molar-refractivity contribution in [3.8, 4) is 6.01 Å². The minimum atomic E-state index is -0.226. The highest BCUT2D eigenvalue weighted by Crippen LogP contribution is 2.16. The van der Waals surface area contributed by atoms with E-state index in [1.807, 2.05) is 13.8 Å². The molecule has 2 heterocycles. The van der Waals surface area contributed by atoms with Crippen molar-refractivity contribution in [3.05, 3.63) is 11.1 Å². The SMILES string of the molecule is CCCOc1nc(Cl)nc(NC(C)c2nn[nH]n2)n1. The third-order valence-corrected chi connectivity index (χ3v) is 2.29. The lowest BCUT2D eigenvalue weighted by Gasteiger charge is -2.10. The summed E-state index contributed by atoms with van der Waals surface area (Å²) >= 11 is 5.81. The Labute approximate surface area is 114 Å². The average Bonchev–Trinajstić information content (AvgIpc) is 2.89. The van der Waals surface area contributed by atoms with Crippen LogP contribution in [0.3, 0.4) is 0 Å². The van der Waals surface area contributed by atoms with Gasteiger partial charge in [0.2, 0.25) is 11.2 Å². The van der Waals surface area contributed by atoms with Gasteiger partial charge in [-0.3, -0.25) is 0 Å². The molecule has 1 atom stereocenters. The Bertz CT molecular complexity index is 519. The van der Waals surface area contributed by atoms with Gasteiger partial charge < -0.3 is 10.1 Å². The first-order chi connectivity index (χ1) is 9.19. The van der Waals surface area contributed by atoms with Crippen LogP contribution in [-0.4, -0.2) is 42.2 Å². The Morgan fingerprint density at radius 3 is 2.89 bits per heavy atom. The Hall–Kier alpha value is -2.03. The molecule has 2 rings (SSSR count). The van der Waals surface area contributed by atoms with Crippen LogP contribution in [0.5, 0.6) is 6.01 Å². The van der Waals surface area contributed by atoms with E-state index in [0.717, 1.165) is 6.42 Å². The minimum absolute atomic E-state index is 0.0592. The molecule has 2 N–H and O–H groups in total. The van der Waals surface area contributed by atoms with E-state index in [2.05, 4.69) is 40.9 Å². The van der Waals surface area contributed by atoms with Gasteiger partial charge in [-0.1, -0.05) is 12.1 Å². The summed E-state index contributed by atoms with van der Waals surface area (Å²) < 4.78 is 5.31. The molecule has 0 aliphatic rings. The molecular weight excluding hydrogens is 272 g/mol. The fraction of sp³-hybridized carbons (Fsp3) is 0.556. The van der Waals surface area contributed by atoms with Gasteiger partial charge in [0, 0.05) is 0 Å². The summed E-state index contributed by atoms with van der Waals surface area (Å²) in [6.07, 6.45) is 0.853. The number of rotatable bonds is 6. The van der Waals surface area contributed by atoms with Crippen LogP contribution < -0.4 is 10.1 Å². The Morgan fingerprint density at radius 2 is 2.21 bits per heavy atom. The van der Waals surface area contributed by atoms with Gasteiger partial charge in [0.1, 0.15) is 0 Å². The van der Waals surface area contributed by atoms with Crippen LogP contribution in [0, 0.1) is 0 Å². The number of hydrogen-bond acceptors (Lipinski definition) is 8. The monoisotopic (exact) mass is 284 g/mol. The summed E-state index contributed by atoms with van der Waals surface area (Å²) in [5.41, 5.74) is 0. The van der Waals surface area contributed by atoms with Crippen molar-refractivity contribution >= 4 is 17.5 Å². The molecule has 0 aliphatic heterocycles. The normalized spacial score (nSPS) is 12.2. The van der Waals surface area contributed by atoms with E-state index in [1.165, 1.54) is 0 Å². The summed E-state index contributed by atoms with van der Waals surface area (Å²) in [7, 11) is 0. The molecule has 0 bridgehead atoms. The lowest BCUT2D eigenvalue weighted by molar-refractivity contribution is 0.291. The molecule has 0 saturated carbocycles. The molecule has 0 amide bonds. The predicted octanol–water partition coefficient (Wildman–Crippen LogP) is 1.000. The molecular formula is C9H13ClN8O. The van der Waals surface area contributed by atoms with Gasteiger partial charge >= 0.3 is 6.01 Å². The number of halogens is 1. The highest BCUT2D eigenvalue weighted by atomic mass is 35.5. The first kappa shape index (κ1) is 13.4. The number of anilines is 1. The van der Waals surface area contributed by atoms with E-state index in [9.17, 15) is 0 Å². The number of hydrogen-bond donors (Lipinski definition) is 2. The lowest BCUT2D eigenvalue weighted by Crippen LogP contribution is -2.12. The molecule has 2 aromatic heterocycles. The number of nitrogens with one attached hydrogen (secondary N) is 2. The summed E-state index contributed by atoms with van der Waals surface area (Å²) in [6, 6.07) is -0.0408. The molecule has 0 saturated heterocycles. The number of H-pyrrole nitrogens is 1. The Kier molecular flexibility index (Phi) is 4.39. The van der Waals surface area contributed by atoms with Crippen molar-refractivity contribution in [2.75, 3.05) is 11.9 Å².